The highest BCUT2D eigenvalue weighted by atomic mass is 19.2. The van der Waals surface area contributed by atoms with Gasteiger partial charge >= 0.3 is 0 Å². The number of benzene rings is 2. The van der Waals surface area contributed by atoms with Crippen molar-refractivity contribution in [2.45, 2.75) is 13.0 Å². The summed E-state index contributed by atoms with van der Waals surface area (Å²) in [5.41, 5.74) is 1.24. The zero-order valence-corrected chi connectivity index (χ0v) is 10.7. The van der Waals surface area contributed by atoms with E-state index in [1.165, 1.54) is 19.2 Å². The SMILES string of the molecule is COc1cc(C)ccc1C(O)c1cccc(F)c1F. The molecule has 4 heteroatoms. The van der Waals surface area contributed by atoms with Crippen molar-refractivity contribution in [3.8, 4) is 5.75 Å². The number of methoxy groups -OCH3 is 1. The van der Waals surface area contributed by atoms with Gasteiger partial charge in [-0.2, -0.15) is 0 Å². The maximum atomic E-state index is 13.7. The van der Waals surface area contributed by atoms with Gasteiger partial charge in [-0.3, -0.25) is 0 Å². The van der Waals surface area contributed by atoms with Crippen LogP contribution < -0.4 is 4.74 Å². The molecule has 2 aromatic rings. The standard InChI is InChI=1S/C15H14F2O2/c1-9-6-7-10(13(8-9)19-2)15(18)11-4-3-5-12(16)14(11)17/h3-8,15,18H,1-2H3. The molecule has 2 aromatic carbocycles. The quantitative estimate of drug-likeness (QED) is 0.921. The summed E-state index contributed by atoms with van der Waals surface area (Å²) in [6.07, 6.45) is -1.27. The van der Waals surface area contributed by atoms with Gasteiger partial charge in [0.1, 0.15) is 11.9 Å². The molecule has 0 bridgehead atoms. The van der Waals surface area contributed by atoms with Crippen molar-refractivity contribution < 1.29 is 18.6 Å². The maximum absolute atomic E-state index is 13.7. The van der Waals surface area contributed by atoms with Gasteiger partial charge in [-0.1, -0.05) is 24.3 Å². The van der Waals surface area contributed by atoms with Crippen molar-refractivity contribution in [1.82, 2.24) is 0 Å². The lowest BCUT2D eigenvalue weighted by molar-refractivity contribution is 0.208. The predicted molar refractivity (Wildman–Crippen MR) is 68.2 cm³/mol. The van der Waals surface area contributed by atoms with E-state index in [4.69, 9.17) is 4.74 Å². The molecule has 1 unspecified atom stereocenters. The first-order valence-electron chi connectivity index (χ1n) is 5.81. The fraction of sp³-hybridized carbons (Fsp3) is 0.200. The number of rotatable bonds is 3. The van der Waals surface area contributed by atoms with Gasteiger partial charge in [-0.25, -0.2) is 8.78 Å². The van der Waals surface area contributed by atoms with Gasteiger partial charge in [-0.05, 0) is 24.6 Å². The fourth-order valence-electron chi connectivity index (χ4n) is 1.94. The van der Waals surface area contributed by atoms with E-state index >= 15 is 0 Å². The minimum Gasteiger partial charge on any atom is -0.496 e. The minimum atomic E-state index is -1.27. The Kier molecular flexibility index (Phi) is 3.81. The minimum absolute atomic E-state index is 0.109. The molecular weight excluding hydrogens is 250 g/mol. The first-order chi connectivity index (χ1) is 9.04. The molecule has 0 aliphatic rings. The van der Waals surface area contributed by atoms with E-state index in [0.29, 0.717) is 11.3 Å². The summed E-state index contributed by atoms with van der Waals surface area (Å²) in [6.45, 7) is 1.88. The van der Waals surface area contributed by atoms with E-state index in [0.717, 1.165) is 11.6 Å². The smallest absolute Gasteiger partial charge is 0.164 e. The van der Waals surface area contributed by atoms with Gasteiger partial charge in [0.25, 0.3) is 0 Å². The second-order valence-electron chi connectivity index (χ2n) is 4.29. The van der Waals surface area contributed by atoms with Gasteiger partial charge in [0.15, 0.2) is 11.6 Å². The van der Waals surface area contributed by atoms with Crippen LogP contribution in [0.15, 0.2) is 36.4 Å². The molecule has 2 rings (SSSR count). The van der Waals surface area contributed by atoms with Crippen molar-refractivity contribution >= 4 is 0 Å². The lowest BCUT2D eigenvalue weighted by Crippen LogP contribution is -2.06. The Labute approximate surface area is 110 Å². The lowest BCUT2D eigenvalue weighted by Gasteiger charge is -2.16. The first-order valence-corrected chi connectivity index (χ1v) is 5.81. The molecule has 19 heavy (non-hydrogen) atoms. The van der Waals surface area contributed by atoms with E-state index in [1.54, 1.807) is 18.2 Å². The van der Waals surface area contributed by atoms with Crippen molar-refractivity contribution in [2.75, 3.05) is 7.11 Å². The highest BCUT2D eigenvalue weighted by Crippen LogP contribution is 2.32. The molecular formula is C15H14F2O2. The van der Waals surface area contributed by atoms with Crippen molar-refractivity contribution in [3.63, 3.8) is 0 Å². The molecule has 0 aliphatic carbocycles. The number of aryl methyl sites for hydroxylation is 1. The van der Waals surface area contributed by atoms with Crippen LogP contribution in [0.5, 0.6) is 5.75 Å². The Morgan fingerprint density at radius 3 is 2.53 bits per heavy atom. The summed E-state index contributed by atoms with van der Waals surface area (Å²) in [7, 11) is 1.47. The lowest BCUT2D eigenvalue weighted by atomic mass is 9.99. The highest BCUT2D eigenvalue weighted by molar-refractivity contribution is 5.43. The average molecular weight is 264 g/mol. The first kappa shape index (κ1) is 13.5. The predicted octanol–water partition coefficient (Wildman–Crippen LogP) is 3.36. The molecule has 0 fully saturated rings. The van der Waals surface area contributed by atoms with Crippen molar-refractivity contribution in [1.29, 1.82) is 0 Å². The number of aliphatic hydroxyl groups excluding tert-OH is 1. The van der Waals surface area contributed by atoms with Gasteiger partial charge in [0.2, 0.25) is 0 Å². The molecule has 0 amide bonds. The van der Waals surface area contributed by atoms with Crippen LogP contribution in [-0.2, 0) is 0 Å². The van der Waals surface area contributed by atoms with E-state index in [9.17, 15) is 13.9 Å². The molecule has 0 aliphatic heterocycles. The number of hydrogen-bond acceptors (Lipinski definition) is 2. The molecule has 2 nitrogen and oxygen atoms in total. The number of hydrogen-bond donors (Lipinski definition) is 1. The Bertz CT molecular complexity index is 597. The summed E-state index contributed by atoms with van der Waals surface area (Å²) in [4.78, 5) is 0. The van der Waals surface area contributed by atoms with E-state index in [-0.39, 0.29) is 5.56 Å². The third kappa shape index (κ3) is 2.58. The summed E-state index contributed by atoms with van der Waals surface area (Å²) >= 11 is 0. The summed E-state index contributed by atoms with van der Waals surface area (Å²) in [6, 6.07) is 8.87. The van der Waals surface area contributed by atoms with Crippen LogP contribution in [0.3, 0.4) is 0 Å². The van der Waals surface area contributed by atoms with E-state index < -0.39 is 17.7 Å². The van der Waals surface area contributed by atoms with Crippen LogP contribution in [0.4, 0.5) is 8.78 Å². The number of halogens is 2. The van der Waals surface area contributed by atoms with Crippen molar-refractivity contribution in [2.24, 2.45) is 0 Å². The normalized spacial score (nSPS) is 12.3. The Balaban J connectivity index is 2.49. The molecule has 0 saturated carbocycles. The van der Waals surface area contributed by atoms with E-state index in [2.05, 4.69) is 0 Å². The summed E-state index contributed by atoms with van der Waals surface area (Å²) in [5.74, 6) is -1.59. The molecule has 0 heterocycles. The zero-order chi connectivity index (χ0) is 14.0. The molecule has 0 spiro atoms. The topological polar surface area (TPSA) is 29.5 Å². The van der Waals surface area contributed by atoms with Gasteiger partial charge in [0.05, 0.1) is 7.11 Å². The largest absolute Gasteiger partial charge is 0.496 e. The second-order valence-corrected chi connectivity index (χ2v) is 4.29. The Morgan fingerprint density at radius 1 is 1.11 bits per heavy atom. The van der Waals surface area contributed by atoms with Gasteiger partial charge < -0.3 is 9.84 Å². The third-order valence-corrected chi connectivity index (χ3v) is 2.96. The van der Waals surface area contributed by atoms with E-state index in [1.807, 2.05) is 6.92 Å². The Hall–Kier alpha value is -1.94. The monoisotopic (exact) mass is 264 g/mol. The average Bonchev–Trinajstić information content (AvgIpc) is 2.41. The van der Waals surface area contributed by atoms with Gasteiger partial charge in [-0.15, -0.1) is 0 Å². The van der Waals surface area contributed by atoms with Gasteiger partial charge in [0, 0.05) is 11.1 Å². The molecule has 0 radical (unpaired) electrons. The second kappa shape index (κ2) is 5.36. The van der Waals surface area contributed by atoms with Crippen LogP contribution in [0.1, 0.15) is 22.8 Å². The molecule has 0 aromatic heterocycles. The van der Waals surface area contributed by atoms with Crippen LogP contribution in [-0.4, -0.2) is 12.2 Å². The molecule has 100 valence electrons. The third-order valence-electron chi connectivity index (χ3n) is 2.96. The Morgan fingerprint density at radius 2 is 1.84 bits per heavy atom. The summed E-state index contributed by atoms with van der Waals surface area (Å²) in [5, 5.41) is 10.2. The zero-order valence-electron chi connectivity index (χ0n) is 10.7. The number of ether oxygens (including phenoxy) is 1. The van der Waals surface area contributed by atoms with Crippen molar-refractivity contribution in [3.05, 3.63) is 64.7 Å². The number of aliphatic hydroxyl groups is 1. The fourth-order valence-corrected chi connectivity index (χ4v) is 1.94. The highest BCUT2D eigenvalue weighted by Gasteiger charge is 2.20. The molecule has 1 atom stereocenters. The molecule has 1 N–H and O–H groups in total. The van der Waals surface area contributed by atoms with Crippen LogP contribution in [0, 0.1) is 18.6 Å². The van der Waals surface area contributed by atoms with Crippen LogP contribution in [0.2, 0.25) is 0 Å². The maximum Gasteiger partial charge on any atom is 0.164 e. The van der Waals surface area contributed by atoms with Crippen LogP contribution in [0.25, 0.3) is 0 Å². The van der Waals surface area contributed by atoms with Crippen LogP contribution >= 0.6 is 0 Å². The summed E-state index contributed by atoms with van der Waals surface area (Å²) < 4.78 is 32.0. The molecule has 0 saturated heterocycles.